The van der Waals surface area contributed by atoms with E-state index in [9.17, 15) is 0 Å². The summed E-state index contributed by atoms with van der Waals surface area (Å²) in [7, 11) is 0. The maximum Gasteiger partial charge on any atom is 0.164 e. The summed E-state index contributed by atoms with van der Waals surface area (Å²) in [6.45, 7) is 0. The zero-order chi connectivity index (χ0) is 37.0. The van der Waals surface area contributed by atoms with E-state index in [-0.39, 0.29) is 5.92 Å². The number of benzene rings is 7. The molecule has 0 saturated heterocycles. The quantitative estimate of drug-likeness (QED) is 0.172. The van der Waals surface area contributed by atoms with Crippen LogP contribution in [-0.2, 0) is 6.42 Å². The van der Waals surface area contributed by atoms with Crippen molar-refractivity contribution in [1.29, 1.82) is 0 Å². The minimum absolute atomic E-state index is 0.290. The van der Waals surface area contributed by atoms with E-state index >= 15 is 0 Å². The Morgan fingerprint density at radius 1 is 0.464 bits per heavy atom. The molecule has 264 valence electrons. The first-order chi connectivity index (χ1) is 27.8. The molecule has 7 aromatic carbocycles. The van der Waals surface area contributed by atoms with Crippen LogP contribution in [0.15, 0.2) is 194 Å². The molecule has 0 radical (unpaired) electrons. The van der Waals surface area contributed by atoms with Crippen LogP contribution in [-0.4, -0.2) is 19.5 Å². The lowest BCUT2D eigenvalue weighted by molar-refractivity contribution is 0.791. The van der Waals surface area contributed by atoms with Gasteiger partial charge in [-0.1, -0.05) is 169 Å². The Hall–Kier alpha value is -7.17. The Kier molecular flexibility index (Phi) is 7.66. The zero-order valence-electron chi connectivity index (χ0n) is 30.7. The average Bonchev–Trinajstić information content (AvgIpc) is 3.84. The number of aromatic nitrogens is 4. The third kappa shape index (κ3) is 5.33. The second kappa shape index (κ2) is 13.3. The van der Waals surface area contributed by atoms with Crippen LogP contribution in [0.4, 0.5) is 0 Å². The second-order valence-corrected chi connectivity index (χ2v) is 14.7. The van der Waals surface area contributed by atoms with Crippen LogP contribution in [0.5, 0.6) is 0 Å². The van der Waals surface area contributed by atoms with E-state index in [1.807, 2.05) is 60.7 Å². The number of para-hydroxylation sites is 2. The number of allylic oxidation sites excluding steroid dienone is 4. The van der Waals surface area contributed by atoms with Crippen molar-refractivity contribution in [3.05, 3.63) is 210 Å². The highest BCUT2D eigenvalue weighted by atomic mass is 15.0. The molecule has 11 rings (SSSR count). The van der Waals surface area contributed by atoms with Gasteiger partial charge in [-0.2, -0.15) is 0 Å². The molecule has 1 atom stereocenters. The van der Waals surface area contributed by atoms with Crippen LogP contribution in [0.3, 0.4) is 0 Å². The van der Waals surface area contributed by atoms with Crippen LogP contribution in [0.2, 0.25) is 0 Å². The van der Waals surface area contributed by atoms with E-state index < -0.39 is 0 Å². The molecule has 2 aliphatic rings. The largest absolute Gasteiger partial charge is 0.309 e. The normalized spacial score (nSPS) is 14.7. The Morgan fingerprint density at radius 2 is 1.02 bits per heavy atom. The van der Waals surface area contributed by atoms with Gasteiger partial charge in [-0.15, -0.1) is 0 Å². The van der Waals surface area contributed by atoms with Crippen LogP contribution in [0.25, 0.3) is 78.4 Å². The minimum atomic E-state index is 0.290. The molecule has 9 aromatic rings. The molecule has 4 heteroatoms. The van der Waals surface area contributed by atoms with E-state index in [0.29, 0.717) is 17.5 Å². The summed E-state index contributed by atoms with van der Waals surface area (Å²) in [5.74, 6) is 2.28. The molecule has 2 aliphatic carbocycles. The highest BCUT2D eigenvalue weighted by Gasteiger charge is 2.32. The van der Waals surface area contributed by atoms with Crippen LogP contribution in [0, 0.1) is 0 Å². The topological polar surface area (TPSA) is 43.6 Å². The number of fused-ring (bicyclic) bond motifs is 5. The molecule has 0 bridgehead atoms. The Morgan fingerprint density at radius 3 is 1.71 bits per heavy atom. The first-order valence-electron chi connectivity index (χ1n) is 19.4. The lowest BCUT2D eigenvalue weighted by Crippen LogP contribution is -2.07. The molecule has 0 spiro atoms. The first kappa shape index (κ1) is 32.3. The minimum Gasteiger partial charge on any atom is -0.309 e. The van der Waals surface area contributed by atoms with E-state index in [0.717, 1.165) is 29.5 Å². The maximum atomic E-state index is 4.97. The summed E-state index contributed by atoms with van der Waals surface area (Å²) in [5.41, 5.74) is 16.1. The number of rotatable bonds is 6. The number of hydrogen-bond acceptors (Lipinski definition) is 3. The lowest BCUT2D eigenvalue weighted by Gasteiger charge is -2.23. The number of hydrogen-bond donors (Lipinski definition) is 0. The highest BCUT2D eigenvalue weighted by Crippen LogP contribution is 2.50. The predicted octanol–water partition coefficient (Wildman–Crippen LogP) is 12.7. The van der Waals surface area contributed by atoms with Gasteiger partial charge in [0.15, 0.2) is 17.5 Å². The molecule has 4 nitrogen and oxygen atoms in total. The Balaban J connectivity index is 0.964. The fourth-order valence-electron chi connectivity index (χ4n) is 8.97. The zero-order valence-corrected chi connectivity index (χ0v) is 30.7. The molecule has 0 amide bonds. The smallest absolute Gasteiger partial charge is 0.164 e. The molecule has 0 aliphatic heterocycles. The molecular weight excluding hydrogens is 681 g/mol. The molecule has 0 saturated carbocycles. The monoisotopic (exact) mass is 716 g/mol. The van der Waals surface area contributed by atoms with Crippen molar-refractivity contribution in [3.63, 3.8) is 0 Å². The van der Waals surface area contributed by atoms with Gasteiger partial charge >= 0.3 is 0 Å². The molecule has 2 heterocycles. The predicted molar refractivity (Wildman–Crippen MR) is 229 cm³/mol. The fourth-order valence-corrected chi connectivity index (χ4v) is 8.97. The molecule has 0 N–H and O–H groups in total. The third-order valence-corrected chi connectivity index (χ3v) is 11.5. The van der Waals surface area contributed by atoms with Crippen molar-refractivity contribution in [2.45, 2.75) is 18.8 Å². The standard InChI is InChI=1S/C52H36N4/c1-4-15-35(16-5-1)50-53-51(36-17-6-2-7-18-36)55-52(54-50)37-31-29-34(30-32-37)39-22-12-23-40-41-24-13-25-42(46(41)33-45(39)40)43-26-14-28-48-49(43)44-21-10-11-27-47(44)56(48)38-19-8-3-9-20-38/h1-24,26-32,42H,25,33H2. The van der Waals surface area contributed by atoms with Gasteiger partial charge in [0, 0.05) is 39.1 Å². The van der Waals surface area contributed by atoms with E-state index in [4.69, 9.17) is 15.0 Å². The Bertz CT molecular complexity index is 2940. The lowest BCUT2D eigenvalue weighted by atomic mass is 9.80. The summed E-state index contributed by atoms with van der Waals surface area (Å²) in [5, 5.41) is 2.66. The van der Waals surface area contributed by atoms with Crippen LogP contribution >= 0.6 is 0 Å². The van der Waals surface area contributed by atoms with Gasteiger partial charge < -0.3 is 4.57 Å². The van der Waals surface area contributed by atoms with Crippen molar-refractivity contribution < 1.29 is 0 Å². The van der Waals surface area contributed by atoms with Crippen molar-refractivity contribution in [2.24, 2.45) is 0 Å². The van der Waals surface area contributed by atoms with E-state index in [1.54, 1.807) is 0 Å². The Labute approximate surface area is 325 Å². The van der Waals surface area contributed by atoms with E-state index in [2.05, 4.69) is 132 Å². The van der Waals surface area contributed by atoms with Gasteiger partial charge in [0.25, 0.3) is 0 Å². The van der Waals surface area contributed by atoms with Gasteiger partial charge in [-0.3, -0.25) is 0 Å². The van der Waals surface area contributed by atoms with E-state index in [1.165, 1.54) is 66.5 Å². The summed E-state index contributed by atoms with van der Waals surface area (Å²) in [6.07, 6.45) is 6.67. The van der Waals surface area contributed by atoms with Crippen LogP contribution < -0.4 is 0 Å². The molecule has 0 fully saturated rings. The third-order valence-electron chi connectivity index (χ3n) is 11.5. The van der Waals surface area contributed by atoms with Gasteiger partial charge in [0.1, 0.15) is 0 Å². The summed E-state index contributed by atoms with van der Waals surface area (Å²) >= 11 is 0. The molecule has 56 heavy (non-hydrogen) atoms. The van der Waals surface area contributed by atoms with Crippen LogP contribution in [0.1, 0.15) is 29.0 Å². The van der Waals surface area contributed by atoms with Crippen molar-refractivity contribution >= 4 is 27.4 Å². The van der Waals surface area contributed by atoms with Gasteiger partial charge in [0.2, 0.25) is 0 Å². The summed E-state index contributed by atoms with van der Waals surface area (Å²) < 4.78 is 2.43. The average molecular weight is 717 g/mol. The van der Waals surface area contributed by atoms with Crippen molar-refractivity contribution in [1.82, 2.24) is 19.5 Å². The fraction of sp³-hybridized carbons (Fsp3) is 0.0577. The molecule has 2 aromatic heterocycles. The summed E-state index contributed by atoms with van der Waals surface area (Å²) in [4.78, 5) is 14.8. The first-order valence-corrected chi connectivity index (χ1v) is 19.4. The SMILES string of the molecule is C1=CC2=C(Cc3c2cccc3-c2ccc(-c3nc(-c4ccccc4)nc(-c4ccccc4)n3)cc2)C(c2cccc3c2c2ccccc2n3-c2ccccc2)C1. The molecule has 1 unspecified atom stereocenters. The second-order valence-electron chi connectivity index (χ2n) is 14.7. The van der Waals surface area contributed by atoms with Crippen molar-refractivity contribution in [3.8, 4) is 51.0 Å². The van der Waals surface area contributed by atoms with Gasteiger partial charge in [0.05, 0.1) is 11.0 Å². The van der Waals surface area contributed by atoms with Crippen molar-refractivity contribution in [2.75, 3.05) is 0 Å². The maximum absolute atomic E-state index is 4.97. The molecular formula is C52H36N4. The number of nitrogens with zero attached hydrogens (tertiary/aromatic N) is 4. The van der Waals surface area contributed by atoms with Gasteiger partial charge in [-0.25, -0.2) is 15.0 Å². The van der Waals surface area contributed by atoms with Gasteiger partial charge in [-0.05, 0) is 70.5 Å². The summed E-state index contributed by atoms with van der Waals surface area (Å²) in [6, 6.07) is 62.4. The highest BCUT2D eigenvalue weighted by molar-refractivity contribution is 6.11.